The van der Waals surface area contributed by atoms with Crippen LogP contribution in [0.4, 0.5) is 5.00 Å². The Bertz CT molecular complexity index is 301. The van der Waals surface area contributed by atoms with Gasteiger partial charge in [-0.2, -0.15) is 0 Å². The molecule has 0 aromatic carbocycles. The van der Waals surface area contributed by atoms with Crippen LogP contribution in [0.3, 0.4) is 0 Å². The van der Waals surface area contributed by atoms with Gasteiger partial charge in [-0.1, -0.05) is 6.07 Å². The number of aryl methyl sites for hydroxylation is 1. The summed E-state index contributed by atoms with van der Waals surface area (Å²) in [6, 6.07) is 8.52. The molecule has 14 heavy (non-hydrogen) atoms. The van der Waals surface area contributed by atoms with Gasteiger partial charge in [-0.15, -0.1) is 22.7 Å². The quantitative estimate of drug-likeness (QED) is 0.759. The predicted octanol–water partition coefficient (Wildman–Crippen LogP) is 3.85. The molecule has 3 heteroatoms. The lowest BCUT2D eigenvalue weighted by Gasteiger charge is -2.01. The van der Waals surface area contributed by atoms with Gasteiger partial charge in [-0.05, 0) is 41.8 Å². The fraction of sp³-hybridized carbons (Fsp3) is 0.273. The minimum atomic E-state index is 1.07. The molecular weight excluding hydrogens is 210 g/mol. The Morgan fingerprint density at radius 1 is 1.07 bits per heavy atom. The van der Waals surface area contributed by atoms with Gasteiger partial charge < -0.3 is 5.32 Å². The predicted molar refractivity (Wildman–Crippen MR) is 65.4 cm³/mol. The third-order valence-corrected chi connectivity index (χ3v) is 3.76. The van der Waals surface area contributed by atoms with Crippen molar-refractivity contribution in [3.63, 3.8) is 0 Å². The van der Waals surface area contributed by atoms with Crippen LogP contribution in [0.1, 0.15) is 11.3 Å². The molecule has 0 saturated heterocycles. The van der Waals surface area contributed by atoms with Crippen LogP contribution in [0, 0.1) is 0 Å². The van der Waals surface area contributed by atoms with Gasteiger partial charge in [0.05, 0.1) is 5.00 Å². The summed E-state index contributed by atoms with van der Waals surface area (Å²) in [4.78, 5) is 1.48. The molecule has 0 radical (unpaired) electrons. The van der Waals surface area contributed by atoms with Gasteiger partial charge in [0.25, 0.3) is 0 Å². The topological polar surface area (TPSA) is 12.0 Å². The van der Waals surface area contributed by atoms with Crippen molar-refractivity contribution < 1.29 is 0 Å². The molecule has 0 amide bonds. The Morgan fingerprint density at radius 3 is 2.64 bits per heavy atom. The minimum absolute atomic E-state index is 1.07. The van der Waals surface area contributed by atoms with Crippen molar-refractivity contribution >= 4 is 27.7 Å². The van der Waals surface area contributed by atoms with Gasteiger partial charge in [0, 0.05) is 11.4 Å². The summed E-state index contributed by atoms with van der Waals surface area (Å²) in [7, 11) is 0. The van der Waals surface area contributed by atoms with Crippen LogP contribution in [0.25, 0.3) is 0 Å². The second kappa shape index (κ2) is 5.17. The van der Waals surface area contributed by atoms with Gasteiger partial charge in [-0.3, -0.25) is 0 Å². The highest BCUT2D eigenvalue weighted by molar-refractivity contribution is 7.14. The first-order valence-corrected chi connectivity index (χ1v) is 6.51. The van der Waals surface area contributed by atoms with E-state index in [0.717, 1.165) is 6.54 Å². The van der Waals surface area contributed by atoms with Gasteiger partial charge in [0.2, 0.25) is 0 Å². The number of hydrogen-bond donors (Lipinski definition) is 1. The molecule has 0 spiro atoms. The molecule has 1 nitrogen and oxygen atoms in total. The molecule has 1 N–H and O–H groups in total. The van der Waals surface area contributed by atoms with E-state index in [4.69, 9.17) is 0 Å². The van der Waals surface area contributed by atoms with Crippen molar-refractivity contribution in [1.82, 2.24) is 0 Å². The van der Waals surface area contributed by atoms with E-state index in [1.807, 2.05) is 11.3 Å². The second-order valence-corrected chi connectivity index (χ2v) is 5.07. The van der Waals surface area contributed by atoms with Gasteiger partial charge in [0.15, 0.2) is 0 Å². The Balaban J connectivity index is 1.65. The van der Waals surface area contributed by atoms with Crippen molar-refractivity contribution in [2.45, 2.75) is 12.8 Å². The summed E-state index contributed by atoms with van der Waals surface area (Å²) in [6.45, 7) is 1.07. The molecule has 0 unspecified atom stereocenters. The van der Waals surface area contributed by atoms with Crippen molar-refractivity contribution in [2.75, 3.05) is 11.9 Å². The van der Waals surface area contributed by atoms with Crippen molar-refractivity contribution in [2.24, 2.45) is 0 Å². The van der Waals surface area contributed by atoms with E-state index in [2.05, 4.69) is 40.3 Å². The summed E-state index contributed by atoms with van der Waals surface area (Å²) < 4.78 is 0. The first-order chi connectivity index (χ1) is 6.95. The molecule has 0 fully saturated rings. The molecule has 0 bridgehead atoms. The van der Waals surface area contributed by atoms with Gasteiger partial charge in [0.1, 0.15) is 0 Å². The van der Waals surface area contributed by atoms with E-state index in [-0.39, 0.29) is 0 Å². The summed E-state index contributed by atoms with van der Waals surface area (Å²) in [6.07, 6.45) is 2.40. The molecular formula is C11H13NS2. The van der Waals surface area contributed by atoms with Crippen LogP contribution in [-0.2, 0) is 6.42 Å². The largest absolute Gasteiger partial charge is 0.377 e. The lowest BCUT2D eigenvalue weighted by molar-refractivity contribution is 0.878. The number of nitrogens with one attached hydrogen (secondary N) is 1. The fourth-order valence-corrected chi connectivity index (χ4v) is 2.71. The number of hydrogen-bond acceptors (Lipinski definition) is 3. The minimum Gasteiger partial charge on any atom is -0.377 e. The van der Waals surface area contributed by atoms with E-state index < -0.39 is 0 Å². The maximum absolute atomic E-state index is 3.41. The zero-order valence-electron chi connectivity index (χ0n) is 7.90. The summed E-state index contributed by atoms with van der Waals surface area (Å²) in [5, 5.41) is 8.92. The summed E-state index contributed by atoms with van der Waals surface area (Å²) in [5.41, 5.74) is 0. The zero-order valence-corrected chi connectivity index (χ0v) is 9.53. The lowest BCUT2D eigenvalue weighted by atomic mass is 10.2. The maximum Gasteiger partial charge on any atom is 0.0882 e. The van der Waals surface area contributed by atoms with E-state index in [0.29, 0.717) is 0 Å². The molecule has 0 aliphatic heterocycles. The Morgan fingerprint density at radius 2 is 1.93 bits per heavy atom. The van der Waals surface area contributed by atoms with Crippen molar-refractivity contribution in [3.8, 4) is 0 Å². The van der Waals surface area contributed by atoms with Crippen molar-refractivity contribution in [3.05, 3.63) is 39.9 Å². The normalized spacial score (nSPS) is 10.3. The molecule has 0 saturated carbocycles. The molecule has 2 heterocycles. The summed E-state index contributed by atoms with van der Waals surface area (Å²) >= 11 is 3.61. The van der Waals surface area contributed by atoms with Crippen molar-refractivity contribution in [1.29, 1.82) is 0 Å². The lowest BCUT2D eigenvalue weighted by Crippen LogP contribution is -2.00. The van der Waals surface area contributed by atoms with Gasteiger partial charge in [-0.25, -0.2) is 0 Å². The first kappa shape index (κ1) is 9.74. The van der Waals surface area contributed by atoms with Crippen LogP contribution >= 0.6 is 22.7 Å². The Kier molecular flexibility index (Phi) is 3.60. The van der Waals surface area contributed by atoms with Crippen LogP contribution in [-0.4, -0.2) is 6.54 Å². The Labute approximate surface area is 92.4 Å². The number of thiophene rings is 2. The maximum atomic E-state index is 3.41. The average molecular weight is 223 g/mol. The molecule has 2 rings (SSSR count). The highest BCUT2D eigenvalue weighted by Gasteiger charge is 1.94. The highest BCUT2D eigenvalue weighted by atomic mass is 32.1. The van der Waals surface area contributed by atoms with E-state index in [1.54, 1.807) is 11.3 Å². The average Bonchev–Trinajstić information content (AvgIpc) is 2.86. The van der Waals surface area contributed by atoms with E-state index >= 15 is 0 Å². The smallest absolute Gasteiger partial charge is 0.0882 e. The molecule has 0 atom stereocenters. The van der Waals surface area contributed by atoms with Crippen LogP contribution < -0.4 is 5.32 Å². The molecule has 2 aromatic heterocycles. The molecule has 0 aliphatic rings. The highest BCUT2D eigenvalue weighted by Crippen LogP contribution is 2.15. The van der Waals surface area contributed by atoms with Crippen LogP contribution in [0.15, 0.2) is 35.0 Å². The second-order valence-electron chi connectivity index (χ2n) is 3.09. The molecule has 0 aliphatic carbocycles. The zero-order chi connectivity index (χ0) is 9.64. The van der Waals surface area contributed by atoms with E-state index in [1.165, 1.54) is 22.7 Å². The first-order valence-electron chi connectivity index (χ1n) is 4.75. The summed E-state index contributed by atoms with van der Waals surface area (Å²) in [5.74, 6) is 0. The Hall–Kier alpha value is -0.800. The van der Waals surface area contributed by atoms with Crippen LogP contribution in [0.2, 0.25) is 0 Å². The SMILES string of the molecule is c1csc(CCCNc2cccs2)c1. The number of anilines is 1. The monoisotopic (exact) mass is 223 g/mol. The fourth-order valence-electron chi connectivity index (χ4n) is 1.31. The van der Waals surface area contributed by atoms with Gasteiger partial charge >= 0.3 is 0 Å². The third kappa shape index (κ3) is 2.86. The van der Waals surface area contributed by atoms with Crippen LogP contribution in [0.5, 0.6) is 0 Å². The molecule has 2 aromatic rings. The third-order valence-electron chi connectivity index (χ3n) is 2.00. The number of rotatable bonds is 5. The molecule has 74 valence electrons. The van der Waals surface area contributed by atoms with E-state index in [9.17, 15) is 0 Å². The standard InChI is InChI=1S/C11H13NS2/c1(4-10-5-2-8-13-10)7-12-11-6-3-9-14-11/h2-3,5-6,8-9,12H,1,4,7H2.